The molecule has 3 rings (SSSR count). The molecule has 2 amide bonds. The molecule has 7 heteroatoms. The number of ether oxygens (including phenoxy) is 1. The maximum atomic E-state index is 13.2. The van der Waals surface area contributed by atoms with Crippen LogP contribution < -0.4 is 5.32 Å². The molecule has 0 spiro atoms. The van der Waals surface area contributed by atoms with Crippen LogP contribution in [-0.2, 0) is 9.53 Å². The molecule has 0 bridgehead atoms. The number of nitrogens with one attached hydrogen (secondary N) is 1. The topological polar surface area (TPSA) is 99.1 Å². The Hall–Kier alpha value is -1.34. The minimum Gasteiger partial charge on any atom is -0.446 e. The lowest BCUT2D eigenvalue weighted by Crippen LogP contribution is -2.61. The Balaban J connectivity index is 1.76. The fourth-order valence-corrected chi connectivity index (χ4v) is 6.75. The van der Waals surface area contributed by atoms with Gasteiger partial charge in [-0.2, -0.15) is 0 Å². The third kappa shape index (κ3) is 4.93. The summed E-state index contributed by atoms with van der Waals surface area (Å²) in [5.74, 6) is 0.733. The lowest BCUT2D eigenvalue weighted by molar-refractivity contribution is -0.187. The summed E-state index contributed by atoms with van der Waals surface area (Å²) in [6, 6.07) is 0. The van der Waals surface area contributed by atoms with E-state index >= 15 is 0 Å². The van der Waals surface area contributed by atoms with E-state index in [2.05, 4.69) is 19.2 Å². The van der Waals surface area contributed by atoms with Gasteiger partial charge in [-0.15, -0.1) is 0 Å². The number of carbonyl (C=O) groups is 2. The number of carbonyl (C=O) groups excluding carboxylic acids is 2. The highest BCUT2D eigenvalue weighted by atomic mass is 16.6. The monoisotopic (exact) mass is 452 g/mol. The van der Waals surface area contributed by atoms with Gasteiger partial charge in [-0.1, -0.05) is 27.7 Å². The number of hydrogen-bond donors (Lipinski definition) is 3. The Morgan fingerprint density at radius 1 is 1.12 bits per heavy atom. The summed E-state index contributed by atoms with van der Waals surface area (Å²) in [5.41, 5.74) is -0.883. The number of amides is 2. The van der Waals surface area contributed by atoms with E-state index in [1.807, 2.05) is 18.7 Å². The van der Waals surface area contributed by atoms with Gasteiger partial charge in [0.25, 0.3) is 0 Å². The minimum atomic E-state index is -0.599. The second-order valence-corrected chi connectivity index (χ2v) is 11.1. The zero-order valence-electron chi connectivity index (χ0n) is 20.4. The largest absolute Gasteiger partial charge is 0.446 e. The maximum Gasteiger partial charge on any atom is 0.407 e. The first-order valence-corrected chi connectivity index (χ1v) is 12.7. The Bertz CT molecular complexity index is 665. The highest BCUT2D eigenvalue weighted by Crippen LogP contribution is 2.61. The van der Waals surface area contributed by atoms with Crippen LogP contribution in [0.2, 0.25) is 0 Å². The number of nitrogens with zero attached hydrogens (tertiary/aromatic N) is 1. The second kappa shape index (κ2) is 10.3. The van der Waals surface area contributed by atoms with Gasteiger partial charge in [0.1, 0.15) is 6.10 Å². The van der Waals surface area contributed by atoms with Crippen LogP contribution in [0.15, 0.2) is 0 Å². The molecule has 3 aliphatic rings. The summed E-state index contributed by atoms with van der Waals surface area (Å²) in [4.78, 5) is 27.4. The molecule has 0 aromatic carbocycles. The number of hydrogen-bond acceptors (Lipinski definition) is 5. The van der Waals surface area contributed by atoms with Gasteiger partial charge < -0.3 is 25.2 Å². The van der Waals surface area contributed by atoms with Crippen molar-refractivity contribution in [3.8, 4) is 0 Å². The van der Waals surface area contributed by atoms with Crippen LogP contribution in [-0.4, -0.2) is 65.6 Å². The van der Waals surface area contributed by atoms with Crippen LogP contribution in [0.5, 0.6) is 0 Å². The first-order valence-electron chi connectivity index (χ1n) is 12.7. The van der Waals surface area contributed by atoms with Crippen molar-refractivity contribution in [2.75, 3.05) is 26.2 Å². The number of alkyl carbamates (subject to hydrolysis) is 1. The van der Waals surface area contributed by atoms with Crippen LogP contribution in [0, 0.1) is 28.6 Å². The summed E-state index contributed by atoms with van der Waals surface area (Å²) in [6.45, 7) is 10.5. The molecule has 0 unspecified atom stereocenters. The van der Waals surface area contributed by atoms with Gasteiger partial charge in [0.2, 0.25) is 5.91 Å². The summed E-state index contributed by atoms with van der Waals surface area (Å²) < 4.78 is 5.79. The Labute approximate surface area is 193 Å². The summed E-state index contributed by atoms with van der Waals surface area (Å²) in [7, 11) is 0. The molecule has 1 aliphatic heterocycles. The molecule has 6 atom stereocenters. The molecule has 0 aromatic heterocycles. The second-order valence-electron chi connectivity index (χ2n) is 11.1. The van der Waals surface area contributed by atoms with E-state index in [0.29, 0.717) is 31.7 Å². The van der Waals surface area contributed by atoms with Crippen LogP contribution >= 0.6 is 0 Å². The third-order valence-electron chi connectivity index (χ3n) is 8.98. The van der Waals surface area contributed by atoms with Gasteiger partial charge in [0.15, 0.2) is 0 Å². The average Bonchev–Trinajstić information content (AvgIpc) is 2.77. The standard InChI is InChI=1S/C25H44N2O5/c1-5-12-26-23(31)32-21-8-11-24(3)18(15-22(30)27-13-9-17(2)10-14-27)19(29)6-7-20(24)25(21,4)16-28/h17-21,28-29H,5-16H2,1-4H3,(H,26,31)/t18-,19-,20-,21-,24+,25+/m1/s1. The summed E-state index contributed by atoms with van der Waals surface area (Å²) in [5, 5.41) is 24.2. The summed E-state index contributed by atoms with van der Waals surface area (Å²) in [6.07, 6.45) is 4.72. The van der Waals surface area contributed by atoms with E-state index in [-0.39, 0.29) is 35.9 Å². The molecule has 2 saturated carbocycles. The van der Waals surface area contributed by atoms with Crippen molar-refractivity contribution in [3.63, 3.8) is 0 Å². The normalized spacial score (nSPS) is 38.1. The number of rotatable bonds is 6. The first kappa shape index (κ1) is 25.3. The van der Waals surface area contributed by atoms with Crippen molar-refractivity contribution in [1.29, 1.82) is 0 Å². The zero-order valence-corrected chi connectivity index (χ0v) is 20.4. The van der Waals surface area contributed by atoms with Gasteiger partial charge >= 0.3 is 6.09 Å². The van der Waals surface area contributed by atoms with Gasteiger partial charge in [0, 0.05) is 31.5 Å². The van der Waals surface area contributed by atoms with Crippen molar-refractivity contribution in [1.82, 2.24) is 10.2 Å². The van der Waals surface area contributed by atoms with E-state index in [1.54, 1.807) is 0 Å². The van der Waals surface area contributed by atoms with Crippen molar-refractivity contribution in [2.45, 2.75) is 91.3 Å². The average molecular weight is 453 g/mol. The number of aliphatic hydroxyl groups excluding tert-OH is 2. The Morgan fingerprint density at radius 3 is 2.44 bits per heavy atom. The fourth-order valence-electron chi connectivity index (χ4n) is 6.75. The zero-order chi connectivity index (χ0) is 23.5. The molecule has 7 nitrogen and oxygen atoms in total. The SMILES string of the molecule is CCCNC(=O)O[C@@H]1CC[C@]2(C)[C@@H](CC[C@@H](O)[C@H]2CC(=O)N2CCC(C)CC2)[C@]1(C)CO. The Morgan fingerprint density at radius 2 is 1.81 bits per heavy atom. The van der Waals surface area contributed by atoms with Crippen molar-refractivity contribution >= 4 is 12.0 Å². The van der Waals surface area contributed by atoms with Crippen LogP contribution in [0.1, 0.15) is 79.1 Å². The third-order valence-corrected chi connectivity index (χ3v) is 8.98. The van der Waals surface area contributed by atoms with E-state index in [0.717, 1.165) is 45.2 Å². The molecule has 1 heterocycles. The van der Waals surface area contributed by atoms with E-state index in [4.69, 9.17) is 4.74 Å². The molecule has 2 aliphatic carbocycles. The molecule has 0 aromatic rings. The molecule has 3 fully saturated rings. The molecular weight excluding hydrogens is 408 g/mol. The lowest BCUT2D eigenvalue weighted by Gasteiger charge is -2.60. The van der Waals surface area contributed by atoms with Crippen LogP contribution in [0.3, 0.4) is 0 Å². The van der Waals surface area contributed by atoms with Crippen molar-refractivity contribution < 1.29 is 24.5 Å². The highest BCUT2D eigenvalue weighted by Gasteiger charge is 2.60. The van der Waals surface area contributed by atoms with Gasteiger partial charge in [-0.25, -0.2) is 4.79 Å². The molecule has 1 saturated heterocycles. The van der Waals surface area contributed by atoms with Gasteiger partial charge in [0.05, 0.1) is 12.7 Å². The first-order chi connectivity index (χ1) is 15.2. The van der Waals surface area contributed by atoms with Crippen LogP contribution in [0.25, 0.3) is 0 Å². The maximum absolute atomic E-state index is 13.2. The fraction of sp³-hybridized carbons (Fsp3) is 0.920. The number of aliphatic hydroxyl groups is 2. The predicted octanol–water partition coefficient (Wildman–Crippen LogP) is 3.33. The van der Waals surface area contributed by atoms with Crippen LogP contribution in [0.4, 0.5) is 4.79 Å². The van der Waals surface area contributed by atoms with E-state index in [1.165, 1.54) is 0 Å². The Kier molecular flexibility index (Phi) is 8.13. The summed E-state index contributed by atoms with van der Waals surface area (Å²) >= 11 is 0. The van der Waals surface area contributed by atoms with Gasteiger partial charge in [-0.3, -0.25) is 4.79 Å². The molecule has 32 heavy (non-hydrogen) atoms. The van der Waals surface area contributed by atoms with E-state index < -0.39 is 17.6 Å². The smallest absolute Gasteiger partial charge is 0.407 e. The lowest BCUT2D eigenvalue weighted by atomic mass is 9.46. The number of fused-ring (bicyclic) bond motifs is 1. The van der Waals surface area contributed by atoms with Crippen molar-refractivity contribution in [3.05, 3.63) is 0 Å². The van der Waals surface area contributed by atoms with E-state index in [9.17, 15) is 19.8 Å². The molecule has 184 valence electrons. The quantitative estimate of drug-likeness (QED) is 0.574. The predicted molar refractivity (Wildman–Crippen MR) is 123 cm³/mol. The van der Waals surface area contributed by atoms with Gasteiger partial charge in [-0.05, 0) is 68.1 Å². The van der Waals surface area contributed by atoms with Crippen molar-refractivity contribution in [2.24, 2.45) is 28.6 Å². The highest BCUT2D eigenvalue weighted by molar-refractivity contribution is 5.76. The molecule has 0 radical (unpaired) electrons. The minimum absolute atomic E-state index is 0.0697. The molecule has 3 N–H and O–H groups in total. The number of likely N-dealkylation sites (tertiary alicyclic amines) is 1. The molecular formula is C25H44N2O5. The number of piperidine rings is 1.